The minimum Gasteiger partial charge on any atom is -0.444 e. The van der Waals surface area contributed by atoms with Crippen LogP contribution in [-0.4, -0.2) is 50.2 Å². The normalized spacial score (nSPS) is 13.6. The molecule has 11 heteroatoms. The van der Waals surface area contributed by atoms with Crippen molar-refractivity contribution in [2.75, 3.05) is 24.1 Å². The molecule has 0 atom stereocenters. The molecule has 0 bridgehead atoms. The van der Waals surface area contributed by atoms with Crippen LogP contribution in [-0.2, 0) is 11.3 Å². The summed E-state index contributed by atoms with van der Waals surface area (Å²) < 4.78 is 12.1. The molecular formula is C31H39N7O4. The molecule has 5 N–H and O–H groups in total. The summed E-state index contributed by atoms with van der Waals surface area (Å²) in [6.07, 6.45) is 4.77. The van der Waals surface area contributed by atoms with Gasteiger partial charge < -0.3 is 26.3 Å². The van der Waals surface area contributed by atoms with E-state index in [0.717, 1.165) is 25.2 Å². The van der Waals surface area contributed by atoms with Gasteiger partial charge in [-0.2, -0.15) is 0 Å². The SMILES string of the molecule is CC(C)(C)OC(N)=O.Cc1ccc(Oc2ccc3nc(N)cn3n2)cc1NC(=O)c1ccc(CN2CCCCC2)cc1. The number of nitrogen functional groups attached to an aromatic ring is 1. The number of nitrogens with zero attached hydrogens (tertiary/aromatic N) is 4. The lowest BCUT2D eigenvalue weighted by Crippen LogP contribution is -2.29. The largest absolute Gasteiger partial charge is 0.444 e. The molecule has 2 aromatic heterocycles. The summed E-state index contributed by atoms with van der Waals surface area (Å²) in [4.78, 5) is 29.5. The van der Waals surface area contributed by atoms with E-state index in [9.17, 15) is 9.59 Å². The van der Waals surface area contributed by atoms with Crippen molar-refractivity contribution in [2.45, 2.75) is 59.1 Å². The third kappa shape index (κ3) is 8.93. The van der Waals surface area contributed by atoms with Crippen molar-refractivity contribution >= 4 is 29.2 Å². The van der Waals surface area contributed by atoms with E-state index in [1.165, 1.54) is 24.8 Å². The Bertz CT molecular complexity index is 1520. The number of hydrogen-bond acceptors (Lipinski definition) is 8. The maximum Gasteiger partial charge on any atom is 0.405 e. The van der Waals surface area contributed by atoms with E-state index in [1.807, 2.05) is 43.3 Å². The highest BCUT2D eigenvalue weighted by Crippen LogP contribution is 2.26. The minimum absolute atomic E-state index is 0.154. The van der Waals surface area contributed by atoms with Crippen LogP contribution in [0.2, 0.25) is 0 Å². The first-order valence-corrected chi connectivity index (χ1v) is 14.0. The van der Waals surface area contributed by atoms with Crippen molar-refractivity contribution in [2.24, 2.45) is 5.73 Å². The zero-order chi connectivity index (χ0) is 30.3. The van der Waals surface area contributed by atoms with Gasteiger partial charge in [-0.15, -0.1) is 5.10 Å². The first kappa shape index (κ1) is 30.3. The number of carbonyl (C=O) groups excluding carboxylic acids is 2. The molecule has 1 fully saturated rings. The molecular weight excluding hydrogens is 534 g/mol. The van der Waals surface area contributed by atoms with Gasteiger partial charge in [-0.3, -0.25) is 9.69 Å². The van der Waals surface area contributed by atoms with Crippen molar-refractivity contribution < 1.29 is 19.1 Å². The number of imidazole rings is 1. The van der Waals surface area contributed by atoms with Crippen molar-refractivity contribution in [1.29, 1.82) is 0 Å². The highest BCUT2D eigenvalue weighted by molar-refractivity contribution is 6.04. The second kappa shape index (κ2) is 13.3. The zero-order valence-corrected chi connectivity index (χ0v) is 24.6. The van der Waals surface area contributed by atoms with Gasteiger partial charge in [0.25, 0.3) is 5.91 Å². The van der Waals surface area contributed by atoms with Gasteiger partial charge in [-0.25, -0.2) is 14.3 Å². The first-order chi connectivity index (χ1) is 19.9. The number of carbonyl (C=O) groups is 2. The highest BCUT2D eigenvalue weighted by Gasteiger charge is 2.14. The average molecular weight is 574 g/mol. The number of primary amides is 1. The molecule has 0 aliphatic carbocycles. The van der Waals surface area contributed by atoms with Crippen LogP contribution in [0, 0.1) is 6.92 Å². The maximum absolute atomic E-state index is 12.9. The monoisotopic (exact) mass is 573 g/mol. The van der Waals surface area contributed by atoms with Crippen molar-refractivity contribution in [3.8, 4) is 11.6 Å². The fraction of sp³-hybridized carbons (Fsp3) is 0.355. The summed E-state index contributed by atoms with van der Waals surface area (Å²) in [6, 6.07) is 16.9. The fourth-order valence-electron chi connectivity index (χ4n) is 4.49. The molecule has 0 radical (unpaired) electrons. The van der Waals surface area contributed by atoms with Crippen LogP contribution >= 0.6 is 0 Å². The summed E-state index contributed by atoms with van der Waals surface area (Å²) in [5, 5.41) is 7.37. The van der Waals surface area contributed by atoms with Crippen LogP contribution in [0.25, 0.3) is 5.65 Å². The van der Waals surface area contributed by atoms with E-state index in [1.54, 1.807) is 49.7 Å². The smallest absolute Gasteiger partial charge is 0.405 e. The van der Waals surface area contributed by atoms with Gasteiger partial charge in [-0.1, -0.05) is 24.6 Å². The standard InChI is InChI=1S/C26H28N6O2.C5H11NO2/c1-18-5-10-21(34-25-12-11-24-29-23(27)17-32(24)30-25)15-22(18)28-26(33)20-8-6-19(7-9-20)16-31-13-3-2-4-14-31;1-5(2,3)8-4(6)7/h5-12,15,17H,2-4,13-14,16,27H2,1H3,(H,28,33);1-3H3,(H2,6,7). The Morgan fingerprint density at radius 1 is 1.00 bits per heavy atom. The molecule has 4 aromatic rings. The zero-order valence-electron chi connectivity index (χ0n) is 24.6. The number of anilines is 2. The molecule has 5 rings (SSSR count). The van der Waals surface area contributed by atoms with Gasteiger partial charge in [0.1, 0.15) is 17.2 Å². The van der Waals surface area contributed by atoms with E-state index in [4.69, 9.17) is 16.2 Å². The Morgan fingerprint density at radius 2 is 1.71 bits per heavy atom. The van der Waals surface area contributed by atoms with E-state index in [-0.39, 0.29) is 5.91 Å². The van der Waals surface area contributed by atoms with Crippen LogP contribution in [0.1, 0.15) is 61.5 Å². The van der Waals surface area contributed by atoms with Crippen LogP contribution in [0.15, 0.2) is 60.8 Å². The number of aromatic nitrogens is 3. The number of amides is 2. The number of rotatable bonds is 6. The Kier molecular flexibility index (Phi) is 9.64. The van der Waals surface area contributed by atoms with E-state index >= 15 is 0 Å². The number of nitrogens with two attached hydrogens (primary N) is 2. The summed E-state index contributed by atoms with van der Waals surface area (Å²) in [5.74, 6) is 1.20. The first-order valence-electron chi connectivity index (χ1n) is 14.0. The Hall–Kier alpha value is -4.64. The lowest BCUT2D eigenvalue weighted by atomic mass is 10.1. The van der Waals surface area contributed by atoms with Crippen LogP contribution < -0.4 is 21.5 Å². The molecule has 3 heterocycles. The number of hydrogen-bond donors (Lipinski definition) is 3. The van der Waals surface area contributed by atoms with Crippen molar-refractivity contribution in [1.82, 2.24) is 19.5 Å². The van der Waals surface area contributed by atoms with E-state index in [0.29, 0.717) is 34.3 Å². The topological polar surface area (TPSA) is 150 Å². The molecule has 2 aromatic carbocycles. The van der Waals surface area contributed by atoms with Gasteiger partial charge in [0.05, 0.1) is 6.20 Å². The van der Waals surface area contributed by atoms with Gasteiger partial charge >= 0.3 is 6.09 Å². The average Bonchev–Trinajstić information content (AvgIpc) is 3.30. The number of ether oxygens (including phenoxy) is 2. The third-order valence-corrected chi connectivity index (χ3v) is 6.47. The molecule has 0 spiro atoms. The lowest BCUT2D eigenvalue weighted by molar-refractivity contribution is 0.0600. The van der Waals surface area contributed by atoms with E-state index < -0.39 is 11.7 Å². The number of benzene rings is 2. The molecule has 42 heavy (non-hydrogen) atoms. The Morgan fingerprint density at radius 3 is 2.36 bits per heavy atom. The van der Waals surface area contributed by atoms with Gasteiger partial charge in [-0.05, 0) is 89.0 Å². The molecule has 1 aliphatic heterocycles. The Balaban J connectivity index is 0.000000446. The quantitative estimate of drug-likeness (QED) is 0.272. The number of piperidine rings is 1. The number of nitrogens with one attached hydrogen (secondary N) is 1. The Labute approximate surface area is 245 Å². The van der Waals surface area contributed by atoms with Crippen LogP contribution in [0.3, 0.4) is 0 Å². The van der Waals surface area contributed by atoms with Gasteiger partial charge in [0.15, 0.2) is 5.65 Å². The summed E-state index contributed by atoms with van der Waals surface area (Å²) in [6.45, 7) is 10.5. The summed E-state index contributed by atoms with van der Waals surface area (Å²) in [7, 11) is 0. The molecule has 0 unspecified atom stereocenters. The maximum atomic E-state index is 12.9. The number of fused-ring (bicyclic) bond motifs is 1. The third-order valence-electron chi connectivity index (χ3n) is 6.47. The fourth-order valence-corrected chi connectivity index (χ4v) is 4.49. The van der Waals surface area contributed by atoms with Crippen LogP contribution in [0.4, 0.5) is 16.3 Å². The summed E-state index contributed by atoms with van der Waals surface area (Å²) in [5.41, 5.74) is 14.1. The molecule has 1 saturated heterocycles. The van der Waals surface area contributed by atoms with E-state index in [2.05, 4.69) is 25.0 Å². The number of aryl methyl sites for hydroxylation is 1. The second-order valence-corrected chi connectivity index (χ2v) is 11.2. The molecule has 11 nitrogen and oxygen atoms in total. The highest BCUT2D eigenvalue weighted by atomic mass is 16.6. The lowest BCUT2D eigenvalue weighted by Gasteiger charge is -2.26. The predicted molar refractivity (Wildman–Crippen MR) is 163 cm³/mol. The predicted octanol–water partition coefficient (Wildman–Crippen LogP) is 5.53. The molecule has 2 amide bonds. The van der Waals surface area contributed by atoms with Crippen molar-refractivity contribution in [3.05, 3.63) is 77.5 Å². The van der Waals surface area contributed by atoms with Gasteiger partial charge in [0.2, 0.25) is 5.88 Å². The minimum atomic E-state index is -0.725. The van der Waals surface area contributed by atoms with Crippen molar-refractivity contribution in [3.63, 3.8) is 0 Å². The van der Waals surface area contributed by atoms with Crippen LogP contribution in [0.5, 0.6) is 11.6 Å². The molecule has 222 valence electrons. The summed E-state index contributed by atoms with van der Waals surface area (Å²) >= 11 is 0. The molecule has 0 saturated carbocycles. The van der Waals surface area contributed by atoms with Gasteiger partial charge in [0, 0.05) is 29.9 Å². The molecule has 1 aliphatic rings. The second-order valence-electron chi connectivity index (χ2n) is 11.2. The number of likely N-dealkylation sites (tertiary alicyclic amines) is 1.